The normalized spacial score (nSPS) is 12.7. The van der Waals surface area contributed by atoms with E-state index in [0.717, 1.165) is 12.1 Å². The standard InChI is InChI=1S/C23H22F3NO4/c1-16(11-12-17-7-6-9-19(13-17)23(24,25)26)27-31-14-18-8-4-5-10-20(18)21(15-29-2)22(28)30-3/h4-13,15H,14H2,1-3H3. The van der Waals surface area contributed by atoms with Gasteiger partial charge in [0.2, 0.25) is 0 Å². The van der Waals surface area contributed by atoms with Crippen LogP contribution in [0.4, 0.5) is 13.2 Å². The lowest BCUT2D eigenvalue weighted by molar-refractivity contribution is -0.137. The van der Waals surface area contributed by atoms with Gasteiger partial charge in [-0.15, -0.1) is 0 Å². The molecule has 164 valence electrons. The van der Waals surface area contributed by atoms with E-state index in [1.54, 1.807) is 43.3 Å². The summed E-state index contributed by atoms with van der Waals surface area (Å²) in [7, 11) is 2.70. The fourth-order valence-corrected chi connectivity index (χ4v) is 2.63. The number of methoxy groups -OCH3 is 2. The molecule has 2 aromatic rings. The topological polar surface area (TPSA) is 57.1 Å². The molecule has 0 fully saturated rings. The molecule has 0 radical (unpaired) electrons. The van der Waals surface area contributed by atoms with Gasteiger partial charge in [-0.05, 0) is 36.3 Å². The third kappa shape index (κ3) is 7.02. The van der Waals surface area contributed by atoms with Crippen LogP contribution in [0.1, 0.15) is 29.2 Å². The smallest absolute Gasteiger partial charge is 0.416 e. The van der Waals surface area contributed by atoms with Gasteiger partial charge in [-0.2, -0.15) is 13.2 Å². The molecule has 0 aliphatic rings. The van der Waals surface area contributed by atoms with Gasteiger partial charge in [-0.3, -0.25) is 0 Å². The summed E-state index contributed by atoms with van der Waals surface area (Å²) in [6.07, 6.45) is -0.0467. The Kier molecular flexibility index (Phi) is 8.43. The van der Waals surface area contributed by atoms with Crippen LogP contribution in [0.2, 0.25) is 0 Å². The monoisotopic (exact) mass is 433 g/mol. The van der Waals surface area contributed by atoms with E-state index < -0.39 is 17.7 Å². The number of alkyl halides is 3. The van der Waals surface area contributed by atoms with Crippen molar-refractivity contribution in [3.8, 4) is 0 Å². The molecule has 0 N–H and O–H groups in total. The first-order chi connectivity index (χ1) is 14.8. The number of hydrogen-bond acceptors (Lipinski definition) is 5. The minimum absolute atomic E-state index is 0.0585. The predicted octanol–water partition coefficient (Wildman–Crippen LogP) is 5.47. The molecule has 0 aromatic heterocycles. The molecule has 0 bridgehead atoms. The van der Waals surface area contributed by atoms with E-state index in [4.69, 9.17) is 14.3 Å². The lowest BCUT2D eigenvalue weighted by Crippen LogP contribution is -2.07. The Balaban J connectivity index is 2.10. The van der Waals surface area contributed by atoms with Crippen LogP contribution in [0.3, 0.4) is 0 Å². The molecule has 0 heterocycles. The minimum Gasteiger partial charge on any atom is -0.503 e. The van der Waals surface area contributed by atoms with E-state index in [1.807, 2.05) is 0 Å². The molecule has 0 saturated heterocycles. The number of halogens is 3. The Morgan fingerprint density at radius 2 is 1.84 bits per heavy atom. The second-order valence-corrected chi connectivity index (χ2v) is 6.38. The van der Waals surface area contributed by atoms with Gasteiger partial charge in [0.1, 0.15) is 12.2 Å². The summed E-state index contributed by atoms with van der Waals surface area (Å²) in [4.78, 5) is 17.4. The van der Waals surface area contributed by atoms with E-state index in [2.05, 4.69) is 5.16 Å². The lowest BCUT2D eigenvalue weighted by Gasteiger charge is -2.10. The number of nitrogens with zero attached hydrogens (tertiary/aromatic N) is 1. The van der Waals surface area contributed by atoms with Crippen LogP contribution in [-0.2, 0) is 31.9 Å². The van der Waals surface area contributed by atoms with Crippen molar-refractivity contribution in [3.05, 3.63) is 83.1 Å². The zero-order chi connectivity index (χ0) is 22.9. The molecular formula is C23H22F3NO4. The van der Waals surface area contributed by atoms with Crippen LogP contribution in [0, 0.1) is 0 Å². The van der Waals surface area contributed by atoms with Gasteiger partial charge in [0, 0.05) is 5.56 Å². The Bertz CT molecular complexity index is 994. The zero-order valence-corrected chi connectivity index (χ0v) is 17.3. The quantitative estimate of drug-likeness (QED) is 0.182. The van der Waals surface area contributed by atoms with Crippen LogP contribution in [0.5, 0.6) is 0 Å². The van der Waals surface area contributed by atoms with Gasteiger partial charge in [0.25, 0.3) is 0 Å². The second kappa shape index (κ2) is 11.0. The summed E-state index contributed by atoms with van der Waals surface area (Å²) in [5.74, 6) is -0.557. The molecule has 0 atom stereocenters. The first-order valence-corrected chi connectivity index (χ1v) is 9.17. The molecule has 2 rings (SSSR count). The molecule has 0 amide bonds. The van der Waals surface area contributed by atoms with E-state index in [1.165, 1.54) is 32.6 Å². The largest absolute Gasteiger partial charge is 0.503 e. The number of ether oxygens (including phenoxy) is 2. The van der Waals surface area contributed by atoms with E-state index in [0.29, 0.717) is 22.4 Å². The average molecular weight is 433 g/mol. The fraction of sp³-hybridized carbons (Fsp3) is 0.217. The van der Waals surface area contributed by atoms with Gasteiger partial charge in [-0.25, -0.2) is 4.79 Å². The van der Waals surface area contributed by atoms with Crippen molar-refractivity contribution in [3.63, 3.8) is 0 Å². The van der Waals surface area contributed by atoms with Crippen molar-refractivity contribution in [1.29, 1.82) is 0 Å². The number of rotatable bonds is 8. The number of esters is 1. The van der Waals surface area contributed by atoms with Crippen molar-refractivity contribution >= 4 is 23.3 Å². The van der Waals surface area contributed by atoms with Crippen LogP contribution in [0.25, 0.3) is 11.6 Å². The van der Waals surface area contributed by atoms with Gasteiger partial charge in [0.05, 0.1) is 31.8 Å². The SMILES string of the molecule is COC=C(C(=O)OC)c1ccccc1CON=C(C)C=Cc1cccc(C(F)(F)F)c1. The van der Waals surface area contributed by atoms with Crippen LogP contribution >= 0.6 is 0 Å². The van der Waals surface area contributed by atoms with Crippen molar-refractivity contribution in [2.45, 2.75) is 19.7 Å². The maximum atomic E-state index is 12.8. The highest BCUT2D eigenvalue weighted by atomic mass is 19.4. The molecule has 0 aliphatic carbocycles. The van der Waals surface area contributed by atoms with Gasteiger partial charge in [0.15, 0.2) is 0 Å². The Morgan fingerprint density at radius 3 is 2.52 bits per heavy atom. The number of carbonyl (C=O) groups excluding carboxylic acids is 1. The van der Waals surface area contributed by atoms with Crippen molar-refractivity contribution < 1.29 is 32.3 Å². The number of hydrogen-bond donors (Lipinski definition) is 0. The van der Waals surface area contributed by atoms with Gasteiger partial charge < -0.3 is 14.3 Å². The number of allylic oxidation sites excluding steroid dienone is 1. The maximum Gasteiger partial charge on any atom is 0.416 e. The maximum absolute atomic E-state index is 12.8. The fourth-order valence-electron chi connectivity index (χ4n) is 2.63. The van der Waals surface area contributed by atoms with Gasteiger partial charge >= 0.3 is 12.1 Å². The zero-order valence-electron chi connectivity index (χ0n) is 17.3. The summed E-state index contributed by atoms with van der Waals surface area (Å²) < 4.78 is 48.1. The Labute approximate surface area is 178 Å². The summed E-state index contributed by atoms with van der Waals surface area (Å²) in [5, 5.41) is 3.96. The summed E-state index contributed by atoms with van der Waals surface area (Å²) in [6.45, 7) is 1.71. The molecule has 5 nitrogen and oxygen atoms in total. The molecular weight excluding hydrogens is 411 g/mol. The molecule has 0 spiro atoms. The first-order valence-electron chi connectivity index (χ1n) is 9.17. The predicted molar refractivity (Wildman–Crippen MR) is 112 cm³/mol. The third-order valence-corrected chi connectivity index (χ3v) is 4.11. The number of oxime groups is 1. The Hall–Kier alpha value is -3.55. The van der Waals surface area contributed by atoms with E-state index >= 15 is 0 Å². The second-order valence-electron chi connectivity index (χ2n) is 6.38. The summed E-state index contributed by atoms with van der Waals surface area (Å²) in [6, 6.07) is 12.0. The van der Waals surface area contributed by atoms with E-state index in [-0.39, 0.29) is 12.2 Å². The first kappa shape index (κ1) is 23.7. The van der Waals surface area contributed by atoms with Crippen molar-refractivity contribution in [2.24, 2.45) is 5.16 Å². The molecule has 0 aliphatic heterocycles. The van der Waals surface area contributed by atoms with E-state index in [9.17, 15) is 18.0 Å². The van der Waals surface area contributed by atoms with Crippen LogP contribution < -0.4 is 0 Å². The summed E-state index contributed by atoms with van der Waals surface area (Å²) in [5.41, 5.74) is 1.60. The highest BCUT2D eigenvalue weighted by Crippen LogP contribution is 2.29. The minimum atomic E-state index is -4.40. The third-order valence-electron chi connectivity index (χ3n) is 4.11. The number of benzene rings is 2. The van der Waals surface area contributed by atoms with Crippen LogP contribution in [0.15, 0.2) is 66.0 Å². The summed E-state index contributed by atoms with van der Waals surface area (Å²) >= 11 is 0. The Morgan fingerprint density at radius 1 is 1.10 bits per heavy atom. The van der Waals surface area contributed by atoms with Gasteiger partial charge in [-0.1, -0.05) is 47.6 Å². The number of carbonyl (C=O) groups is 1. The lowest BCUT2D eigenvalue weighted by atomic mass is 10.0. The molecule has 0 unspecified atom stereocenters. The van der Waals surface area contributed by atoms with Crippen LogP contribution in [-0.4, -0.2) is 25.9 Å². The highest BCUT2D eigenvalue weighted by Gasteiger charge is 2.30. The molecule has 2 aromatic carbocycles. The average Bonchev–Trinajstić information content (AvgIpc) is 2.75. The molecule has 0 saturated carbocycles. The highest BCUT2D eigenvalue weighted by molar-refractivity contribution is 6.16. The molecule has 31 heavy (non-hydrogen) atoms. The molecule has 8 heteroatoms. The van der Waals surface area contributed by atoms with Crippen molar-refractivity contribution in [2.75, 3.05) is 14.2 Å². The van der Waals surface area contributed by atoms with Crippen molar-refractivity contribution in [1.82, 2.24) is 0 Å².